The van der Waals surface area contributed by atoms with Crippen LogP contribution >= 0.6 is 11.6 Å². The van der Waals surface area contributed by atoms with E-state index in [2.05, 4.69) is 31.0 Å². The highest BCUT2D eigenvalue weighted by Crippen LogP contribution is 2.34. The number of fused-ring (bicyclic) bond motifs is 2. The van der Waals surface area contributed by atoms with Crippen LogP contribution in [0.25, 0.3) is 11.0 Å². The van der Waals surface area contributed by atoms with Crippen molar-refractivity contribution >= 4 is 40.0 Å². The third-order valence-corrected chi connectivity index (χ3v) is 5.15. The first kappa shape index (κ1) is 15.2. The lowest BCUT2D eigenvalue weighted by Gasteiger charge is -2.47. The number of aromatic amines is 1. The molecule has 0 atom stereocenters. The van der Waals surface area contributed by atoms with Gasteiger partial charge in [-0.2, -0.15) is 0 Å². The Kier molecular flexibility index (Phi) is 3.05. The summed E-state index contributed by atoms with van der Waals surface area (Å²) in [5.41, 5.74) is 3.13. The van der Waals surface area contributed by atoms with Gasteiger partial charge in [0.25, 0.3) is 11.5 Å². The van der Waals surface area contributed by atoms with Crippen molar-refractivity contribution in [2.75, 3.05) is 10.7 Å². The Morgan fingerprint density at radius 3 is 2.88 bits per heavy atom. The normalized spacial score (nSPS) is 17.3. The summed E-state index contributed by atoms with van der Waals surface area (Å²) in [4.78, 5) is 36.7. The molecule has 1 aliphatic carbocycles. The van der Waals surface area contributed by atoms with Gasteiger partial charge >= 0.3 is 0 Å². The van der Waals surface area contributed by atoms with Gasteiger partial charge in [0, 0.05) is 6.20 Å². The van der Waals surface area contributed by atoms with Crippen LogP contribution in [0.3, 0.4) is 0 Å². The van der Waals surface area contributed by atoms with Crippen LogP contribution in [0.2, 0.25) is 5.02 Å². The zero-order valence-electron chi connectivity index (χ0n) is 13.5. The number of carbonyl (C=O) groups excluding carboxylic acids is 1. The number of halogens is 1. The maximum Gasteiger partial charge on any atom is 0.293 e. The van der Waals surface area contributed by atoms with Gasteiger partial charge in [-0.05, 0) is 31.4 Å². The first-order chi connectivity index (χ1) is 12.6. The van der Waals surface area contributed by atoms with Gasteiger partial charge in [-0.3, -0.25) is 15.0 Å². The van der Waals surface area contributed by atoms with E-state index in [1.165, 1.54) is 17.1 Å². The molecule has 1 spiro atoms. The van der Waals surface area contributed by atoms with Crippen molar-refractivity contribution in [2.24, 2.45) is 0 Å². The minimum atomic E-state index is -0.571. The molecule has 1 aliphatic heterocycles. The van der Waals surface area contributed by atoms with Crippen LogP contribution in [-0.4, -0.2) is 31.2 Å². The van der Waals surface area contributed by atoms with Crippen molar-refractivity contribution in [1.29, 1.82) is 0 Å². The van der Waals surface area contributed by atoms with Crippen molar-refractivity contribution in [3.63, 3.8) is 0 Å². The zero-order valence-corrected chi connectivity index (χ0v) is 14.2. The lowest BCUT2D eigenvalue weighted by atomic mass is 9.84. The lowest BCUT2D eigenvalue weighted by Crippen LogP contribution is -2.67. The van der Waals surface area contributed by atoms with Crippen LogP contribution in [0.15, 0.2) is 29.5 Å². The van der Waals surface area contributed by atoms with Gasteiger partial charge in [0.1, 0.15) is 34.8 Å². The van der Waals surface area contributed by atoms with Crippen LogP contribution < -0.4 is 21.6 Å². The number of pyridine rings is 1. The minimum absolute atomic E-state index is 0.106. The van der Waals surface area contributed by atoms with Crippen LogP contribution in [0.4, 0.5) is 11.5 Å². The highest BCUT2D eigenvalue weighted by molar-refractivity contribution is 6.34. The molecule has 9 nitrogen and oxygen atoms in total. The van der Waals surface area contributed by atoms with Crippen LogP contribution in [0, 0.1) is 0 Å². The van der Waals surface area contributed by atoms with E-state index >= 15 is 0 Å². The largest absolute Gasteiger partial charge is 0.346 e. The molecule has 4 heterocycles. The molecule has 3 aromatic heterocycles. The number of carbonyl (C=O) groups is 1. The monoisotopic (exact) mass is 371 g/mol. The summed E-state index contributed by atoms with van der Waals surface area (Å²) in [5, 5.41) is 6.83. The molecule has 1 amide bonds. The molecule has 2 aliphatic rings. The topological polar surface area (TPSA) is 117 Å². The number of nitrogens with one attached hydrogen (secondary N) is 4. The van der Waals surface area contributed by atoms with E-state index in [4.69, 9.17) is 11.6 Å². The molecule has 5 rings (SSSR count). The van der Waals surface area contributed by atoms with Crippen LogP contribution in [0.1, 0.15) is 29.8 Å². The summed E-state index contributed by atoms with van der Waals surface area (Å²) >= 11 is 6.29. The number of H-pyrrole nitrogens is 1. The number of anilines is 2. The summed E-state index contributed by atoms with van der Waals surface area (Å²) in [7, 11) is 0. The fourth-order valence-corrected chi connectivity index (χ4v) is 3.66. The molecule has 0 radical (unpaired) electrons. The van der Waals surface area contributed by atoms with Gasteiger partial charge in [-0.15, -0.1) is 0 Å². The molecular weight excluding hydrogens is 358 g/mol. The molecule has 0 saturated heterocycles. The standard InChI is InChI=1S/C16H14ClN7O2/c17-9-6-10(21-13-8-2-5-18-12(8)19-7-20-13)15(26)24-11(9)14(25)22-16(23-24)3-1-4-16/h2,5-7,23H,1,3-4H2,(H,22,25)(H2,18,19,20,21). The zero-order chi connectivity index (χ0) is 17.9. The van der Waals surface area contributed by atoms with Crippen LogP contribution in [0.5, 0.6) is 0 Å². The summed E-state index contributed by atoms with van der Waals surface area (Å²) in [6, 6.07) is 3.25. The molecule has 10 heteroatoms. The molecule has 3 aromatic rings. The number of aromatic nitrogens is 4. The summed E-state index contributed by atoms with van der Waals surface area (Å²) < 4.78 is 1.23. The Bertz CT molecular complexity index is 1120. The average Bonchev–Trinajstić information content (AvgIpc) is 3.07. The van der Waals surface area contributed by atoms with E-state index in [-0.39, 0.29) is 22.3 Å². The van der Waals surface area contributed by atoms with E-state index in [0.29, 0.717) is 11.5 Å². The van der Waals surface area contributed by atoms with Crippen LogP contribution in [-0.2, 0) is 0 Å². The Labute approximate surface area is 151 Å². The van der Waals surface area contributed by atoms with Gasteiger partial charge in [0.2, 0.25) is 0 Å². The predicted molar refractivity (Wildman–Crippen MR) is 96.3 cm³/mol. The molecular formula is C16H14ClN7O2. The molecule has 0 bridgehead atoms. The second-order valence-electron chi connectivity index (χ2n) is 6.48. The van der Waals surface area contributed by atoms with E-state index in [1.807, 2.05) is 6.07 Å². The maximum absolute atomic E-state index is 13.0. The molecule has 132 valence electrons. The smallest absolute Gasteiger partial charge is 0.293 e. The van der Waals surface area contributed by atoms with Gasteiger partial charge in [0.15, 0.2) is 0 Å². The van der Waals surface area contributed by atoms with Gasteiger partial charge in [-0.1, -0.05) is 11.6 Å². The van der Waals surface area contributed by atoms with Crippen molar-refractivity contribution in [1.82, 2.24) is 24.9 Å². The van der Waals surface area contributed by atoms with Gasteiger partial charge < -0.3 is 15.6 Å². The van der Waals surface area contributed by atoms with Crippen molar-refractivity contribution in [2.45, 2.75) is 24.9 Å². The summed E-state index contributed by atoms with van der Waals surface area (Å²) in [6.07, 6.45) is 5.64. The third-order valence-electron chi connectivity index (χ3n) is 4.86. The highest BCUT2D eigenvalue weighted by atomic mass is 35.5. The van der Waals surface area contributed by atoms with E-state index in [1.54, 1.807) is 6.20 Å². The molecule has 0 aromatic carbocycles. The predicted octanol–water partition coefficient (Wildman–Crippen LogP) is 1.68. The maximum atomic E-state index is 13.0. The number of amides is 1. The minimum Gasteiger partial charge on any atom is -0.346 e. The van der Waals surface area contributed by atoms with Gasteiger partial charge in [-0.25, -0.2) is 14.6 Å². The molecule has 26 heavy (non-hydrogen) atoms. The average molecular weight is 372 g/mol. The number of hydrogen-bond acceptors (Lipinski definition) is 6. The van der Waals surface area contributed by atoms with Gasteiger partial charge in [0.05, 0.1) is 10.4 Å². The Hall–Kier alpha value is -3.07. The SMILES string of the molecule is O=C1NC2(CCC2)Nn2c1c(Cl)cc(Nc1ncnc3[nH]ccc13)c2=O. The fraction of sp³-hybridized carbons (Fsp3) is 0.250. The Morgan fingerprint density at radius 1 is 1.27 bits per heavy atom. The number of hydrogen-bond donors (Lipinski definition) is 4. The second-order valence-corrected chi connectivity index (χ2v) is 6.89. The third kappa shape index (κ3) is 2.10. The van der Waals surface area contributed by atoms with E-state index in [9.17, 15) is 9.59 Å². The van der Waals surface area contributed by atoms with E-state index < -0.39 is 11.2 Å². The first-order valence-corrected chi connectivity index (χ1v) is 8.55. The number of rotatable bonds is 2. The Balaban J connectivity index is 1.62. The second kappa shape index (κ2) is 5.21. The highest BCUT2D eigenvalue weighted by Gasteiger charge is 2.44. The first-order valence-electron chi connectivity index (χ1n) is 8.18. The summed E-state index contributed by atoms with van der Waals surface area (Å²) in [5.74, 6) is 0.121. The quantitative estimate of drug-likeness (QED) is 0.544. The van der Waals surface area contributed by atoms with E-state index in [0.717, 1.165) is 24.6 Å². The lowest BCUT2D eigenvalue weighted by molar-refractivity contribution is 0.0790. The van der Waals surface area contributed by atoms with Crippen molar-refractivity contribution in [3.8, 4) is 0 Å². The molecule has 1 fully saturated rings. The molecule has 1 saturated carbocycles. The fourth-order valence-electron chi connectivity index (χ4n) is 3.38. The van der Waals surface area contributed by atoms with Crippen molar-refractivity contribution in [3.05, 3.63) is 45.7 Å². The Morgan fingerprint density at radius 2 is 2.12 bits per heavy atom. The number of nitrogens with zero attached hydrogens (tertiary/aromatic N) is 3. The summed E-state index contributed by atoms with van der Waals surface area (Å²) in [6.45, 7) is 0. The van der Waals surface area contributed by atoms with Crippen molar-refractivity contribution < 1.29 is 4.79 Å². The molecule has 4 N–H and O–H groups in total. The molecule has 0 unspecified atom stereocenters.